The highest BCUT2D eigenvalue weighted by atomic mass is 16.6. The number of carboxylic acid groups (broad SMARTS) is 1. The van der Waals surface area contributed by atoms with E-state index >= 15 is 0 Å². The van der Waals surface area contributed by atoms with Crippen molar-refractivity contribution >= 4 is 17.9 Å². The fourth-order valence-corrected chi connectivity index (χ4v) is 4.52. The van der Waals surface area contributed by atoms with Gasteiger partial charge >= 0.3 is 17.9 Å². The molecule has 0 spiro atoms. The molecule has 0 saturated carbocycles. The molecule has 0 amide bonds. The number of nitrogens with zero attached hydrogens (tertiary/aromatic N) is 1. The Morgan fingerprint density at radius 2 is 1.27 bits per heavy atom. The van der Waals surface area contributed by atoms with Crippen LogP contribution in [0.5, 0.6) is 0 Å². The number of hydrogen-bond donors (Lipinski definition) is 1. The monoisotopic (exact) mass is 634 g/mol. The van der Waals surface area contributed by atoms with E-state index in [9.17, 15) is 19.5 Å². The molecule has 0 aliphatic rings. The molecule has 0 rings (SSSR count). The number of aliphatic carboxylic acids is 1. The van der Waals surface area contributed by atoms with Crippen molar-refractivity contribution in [1.29, 1.82) is 0 Å². The van der Waals surface area contributed by atoms with Crippen molar-refractivity contribution in [3.8, 4) is 0 Å². The maximum absolute atomic E-state index is 12.5. The molecule has 1 N–H and O–H groups in total. The molecule has 0 aliphatic carbocycles. The zero-order valence-electron chi connectivity index (χ0n) is 29.1. The first-order chi connectivity index (χ1) is 21.6. The maximum atomic E-state index is 12.5. The van der Waals surface area contributed by atoms with E-state index in [-0.39, 0.29) is 42.7 Å². The molecule has 45 heavy (non-hydrogen) atoms. The Balaban J connectivity index is 4.58. The van der Waals surface area contributed by atoms with E-state index in [0.29, 0.717) is 19.3 Å². The van der Waals surface area contributed by atoms with Gasteiger partial charge in [-0.1, -0.05) is 81.7 Å². The van der Waals surface area contributed by atoms with Gasteiger partial charge < -0.3 is 23.8 Å². The molecule has 0 aromatic rings. The fraction of sp³-hybridized carbons (Fsp3) is 0.703. The predicted octanol–water partition coefficient (Wildman–Crippen LogP) is 8.12. The number of carbonyl (C=O) groups is 3. The van der Waals surface area contributed by atoms with Gasteiger partial charge in [-0.2, -0.15) is 0 Å². The number of likely N-dealkylation sites (N-methyl/N-ethyl adjacent to an activating group) is 1. The summed E-state index contributed by atoms with van der Waals surface area (Å²) in [7, 11) is 5.48. The summed E-state index contributed by atoms with van der Waals surface area (Å²) >= 11 is 0. The number of carbonyl (C=O) groups excluding carboxylic acids is 2. The van der Waals surface area contributed by atoms with Crippen LogP contribution in [0.25, 0.3) is 0 Å². The summed E-state index contributed by atoms with van der Waals surface area (Å²) in [5.74, 6) is -1.58. The fourth-order valence-electron chi connectivity index (χ4n) is 4.52. The first-order valence-electron chi connectivity index (χ1n) is 17.2. The van der Waals surface area contributed by atoms with Crippen LogP contribution < -0.4 is 0 Å². The highest BCUT2D eigenvalue weighted by Crippen LogP contribution is 2.11. The van der Waals surface area contributed by atoms with Gasteiger partial charge in [0.2, 0.25) is 0 Å². The van der Waals surface area contributed by atoms with Gasteiger partial charge in [0.05, 0.1) is 34.4 Å². The topological polar surface area (TPSA) is 99.1 Å². The number of allylic oxidation sites excluding steroid dienone is 8. The van der Waals surface area contributed by atoms with Crippen molar-refractivity contribution in [2.45, 2.75) is 129 Å². The van der Waals surface area contributed by atoms with E-state index in [0.717, 1.165) is 51.4 Å². The number of esters is 2. The molecule has 258 valence electrons. The van der Waals surface area contributed by atoms with Crippen molar-refractivity contribution < 1.29 is 38.2 Å². The molecule has 2 atom stereocenters. The van der Waals surface area contributed by atoms with Crippen LogP contribution >= 0.6 is 0 Å². The molecule has 0 aromatic carbocycles. The van der Waals surface area contributed by atoms with Crippen LogP contribution in [0.4, 0.5) is 0 Å². The molecule has 0 saturated heterocycles. The molecule has 8 heteroatoms. The van der Waals surface area contributed by atoms with E-state index in [1.165, 1.54) is 25.7 Å². The van der Waals surface area contributed by atoms with Gasteiger partial charge in [-0.15, -0.1) is 0 Å². The second kappa shape index (κ2) is 28.7. The average molecular weight is 635 g/mol. The molecule has 0 aromatic heterocycles. The highest BCUT2D eigenvalue weighted by molar-refractivity contribution is 5.72. The van der Waals surface area contributed by atoms with Gasteiger partial charge in [0.1, 0.15) is 6.61 Å². The highest BCUT2D eigenvalue weighted by Gasteiger charge is 2.31. The minimum absolute atomic E-state index is 0.0360. The van der Waals surface area contributed by atoms with Crippen LogP contribution in [-0.2, 0) is 28.6 Å². The largest absolute Gasteiger partial charge is 0.477 e. The zero-order chi connectivity index (χ0) is 33.6. The van der Waals surface area contributed by atoms with Crippen LogP contribution in [0, 0.1) is 0 Å². The lowest BCUT2D eigenvalue weighted by molar-refractivity contribution is -0.887. The minimum atomic E-state index is -0.888. The summed E-state index contributed by atoms with van der Waals surface area (Å²) < 4.78 is 17.0. The second-order valence-electron chi connectivity index (χ2n) is 12.4. The van der Waals surface area contributed by atoms with Crippen LogP contribution in [0.2, 0.25) is 0 Å². The zero-order valence-corrected chi connectivity index (χ0v) is 29.1. The molecule has 0 fully saturated rings. The maximum Gasteiger partial charge on any atom is 0.362 e. The van der Waals surface area contributed by atoms with Crippen molar-refractivity contribution in [2.24, 2.45) is 0 Å². The predicted molar refractivity (Wildman–Crippen MR) is 183 cm³/mol. The summed E-state index contributed by atoms with van der Waals surface area (Å²) in [5, 5.41) is 9.54. The molecular formula is C37H64NO7+. The second-order valence-corrected chi connectivity index (χ2v) is 12.4. The van der Waals surface area contributed by atoms with Crippen LogP contribution in [0.15, 0.2) is 48.6 Å². The quantitative estimate of drug-likeness (QED) is 0.0384. The number of unbranched alkanes of at least 4 members (excludes halogenated alkanes) is 7. The van der Waals surface area contributed by atoms with Crippen molar-refractivity contribution in [1.82, 2.24) is 0 Å². The first-order valence-corrected chi connectivity index (χ1v) is 17.2. The van der Waals surface area contributed by atoms with Crippen molar-refractivity contribution in [3.63, 3.8) is 0 Å². The number of rotatable bonds is 29. The normalized spacial score (nSPS) is 13.7. The van der Waals surface area contributed by atoms with Gasteiger partial charge in [-0.25, -0.2) is 4.79 Å². The molecule has 2 unspecified atom stereocenters. The van der Waals surface area contributed by atoms with Crippen LogP contribution in [0.3, 0.4) is 0 Å². The minimum Gasteiger partial charge on any atom is -0.477 e. The van der Waals surface area contributed by atoms with Crippen LogP contribution in [0.1, 0.15) is 117 Å². The van der Waals surface area contributed by atoms with Crippen LogP contribution in [-0.4, -0.2) is 80.6 Å². The van der Waals surface area contributed by atoms with E-state index in [1.807, 2.05) is 21.1 Å². The van der Waals surface area contributed by atoms with Gasteiger partial charge in [-0.05, 0) is 64.2 Å². The molecule has 0 bridgehead atoms. The molecule has 0 radical (unpaired) electrons. The lowest BCUT2D eigenvalue weighted by Gasteiger charge is -2.31. The van der Waals surface area contributed by atoms with Gasteiger partial charge in [0.25, 0.3) is 0 Å². The first kappa shape index (κ1) is 42.3. The van der Waals surface area contributed by atoms with Crippen molar-refractivity contribution in [2.75, 3.05) is 41.0 Å². The summed E-state index contributed by atoms with van der Waals surface area (Å²) in [5.41, 5.74) is 0. The van der Waals surface area contributed by atoms with E-state index in [4.69, 9.17) is 14.2 Å². The summed E-state index contributed by atoms with van der Waals surface area (Å²) in [6, 6.07) is -0.622. The van der Waals surface area contributed by atoms with Crippen molar-refractivity contribution in [3.05, 3.63) is 48.6 Å². The summed E-state index contributed by atoms with van der Waals surface area (Å²) in [6.45, 7) is 4.47. The van der Waals surface area contributed by atoms with Gasteiger partial charge in [0.15, 0.2) is 12.1 Å². The number of carboxylic acids is 1. The third-order valence-corrected chi connectivity index (χ3v) is 7.21. The van der Waals surface area contributed by atoms with E-state index in [1.54, 1.807) is 0 Å². The summed E-state index contributed by atoms with van der Waals surface area (Å²) in [6.07, 6.45) is 30.3. The smallest absolute Gasteiger partial charge is 0.362 e. The van der Waals surface area contributed by atoms with E-state index in [2.05, 4.69) is 62.5 Å². The third-order valence-electron chi connectivity index (χ3n) is 7.21. The third kappa shape index (κ3) is 27.3. The Kier molecular flexibility index (Phi) is 27.0. The van der Waals surface area contributed by atoms with E-state index < -0.39 is 18.1 Å². The lowest BCUT2D eigenvalue weighted by Crippen LogP contribution is -2.50. The van der Waals surface area contributed by atoms with Gasteiger partial charge in [-0.3, -0.25) is 9.59 Å². The molecular weight excluding hydrogens is 570 g/mol. The standard InChI is InChI=1S/C37H63NO7/c1-6-8-10-12-14-16-17-18-20-21-23-25-27-35(39)44-32-33(31-43-30-29-34(37(41)42)38(3,4)5)45-36(40)28-26-24-22-19-15-13-11-9-7-2/h8,10,14,16,18-20,22,33-34H,6-7,9,11-13,15,17,21,23-32H2,1-5H3/p+1/b10-8+,16-14+,20-18+,22-19+. The Bertz CT molecular complexity index is 886. The Hall–Kier alpha value is -2.71. The molecule has 0 heterocycles. The average Bonchev–Trinajstić information content (AvgIpc) is 2.98. The van der Waals surface area contributed by atoms with Gasteiger partial charge in [0, 0.05) is 19.3 Å². The SMILES string of the molecule is CC/C=C/C/C=C/C/C=C/CCCCC(=O)OCC(COCCC(C(=O)O)[N+](C)(C)C)OC(=O)CCC/C=C/CCCCCC. The Morgan fingerprint density at radius 1 is 0.689 bits per heavy atom. The molecule has 8 nitrogen and oxygen atoms in total. The summed E-state index contributed by atoms with van der Waals surface area (Å²) in [4.78, 5) is 36.5. The Labute approximate surface area is 274 Å². The number of quaternary nitrogens is 1. The Morgan fingerprint density at radius 3 is 1.89 bits per heavy atom. The lowest BCUT2D eigenvalue weighted by atomic mass is 10.1. The molecule has 0 aliphatic heterocycles. The number of ether oxygens (including phenoxy) is 3. The number of hydrogen-bond acceptors (Lipinski definition) is 6.